The molecule has 1 aromatic heterocycles. The number of benzene rings is 1. The molecule has 4 rings (SSSR count). The SMILES string of the molecule is N[C@H]1C[C@@H](N2CCc3cnc(C(F)(F)F)nc3C2)COC1c1cc(F)c(F)cc1F. The van der Waals surface area contributed by atoms with Crippen molar-refractivity contribution in [3.05, 3.63) is 58.4 Å². The summed E-state index contributed by atoms with van der Waals surface area (Å²) in [4.78, 5) is 8.96. The zero-order valence-electron chi connectivity index (χ0n) is 15.6. The first-order valence-electron chi connectivity index (χ1n) is 9.31. The molecule has 0 spiro atoms. The van der Waals surface area contributed by atoms with Crippen molar-refractivity contribution in [1.82, 2.24) is 14.9 Å². The summed E-state index contributed by atoms with van der Waals surface area (Å²) in [5.41, 5.74) is 6.92. The molecular weight excluding hydrogens is 414 g/mol. The van der Waals surface area contributed by atoms with Gasteiger partial charge in [0.15, 0.2) is 11.6 Å². The lowest BCUT2D eigenvalue weighted by atomic mass is 9.92. The van der Waals surface area contributed by atoms with Gasteiger partial charge < -0.3 is 10.5 Å². The van der Waals surface area contributed by atoms with E-state index in [4.69, 9.17) is 10.5 Å². The highest BCUT2D eigenvalue weighted by Gasteiger charge is 2.38. The third-order valence-corrected chi connectivity index (χ3v) is 5.49. The van der Waals surface area contributed by atoms with E-state index < -0.39 is 41.6 Å². The first-order valence-corrected chi connectivity index (χ1v) is 9.31. The molecule has 3 atom stereocenters. The van der Waals surface area contributed by atoms with Crippen LogP contribution in [0.3, 0.4) is 0 Å². The van der Waals surface area contributed by atoms with Crippen molar-refractivity contribution in [2.75, 3.05) is 13.2 Å². The Kier molecular flexibility index (Phi) is 5.45. The first kappa shape index (κ1) is 21.0. The number of hydrogen-bond acceptors (Lipinski definition) is 5. The van der Waals surface area contributed by atoms with Crippen molar-refractivity contribution < 1.29 is 31.1 Å². The fourth-order valence-electron chi connectivity index (χ4n) is 3.95. The molecule has 1 unspecified atom stereocenters. The predicted octanol–water partition coefficient (Wildman–Crippen LogP) is 3.13. The Labute approximate surface area is 167 Å². The number of aromatic nitrogens is 2. The molecule has 0 amide bonds. The molecule has 2 aliphatic rings. The Hall–Kier alpha value is -2.24. The molecule has 2 N–H and O–H groups in total. The summed E-state index contributed by atoms with van der Waals surface area (Å²) < 4.78 is 85.1. The lowest BCUT2D eigenvalue weighted by Crippen LogP contribution is -2.50. The first-order chi connectivity index (χ1) is 14.1. The third-order valence-electron chi connectivity index (χ3n) is 5.49. The molecule has 3 heterocycles. The topological polar surface area (TPSA) is 64.3 Å². The molecule has 1 aromatic carbocycles. The van der Waals surface area contributed by atoms with Crippen LogP contribution in [0.2, 0.25) is 0 Å². The second-order valence-corrected chi connectivity index (χ2v) is 7.48. The van der Waals surface area contributed by atoms with Crippen molar-refractivity contribution in [1.29, 1.82) is 0 Å². The van der Waals surface area contributed by atoms with Crippen molar-refractivity contribution in [3.8, 4) is 0 Å². The van der Waals surface area contributed by atoms with Gasteiger partial charge in [0.05, 0.1) is 12.3 Å². The van der Waals surface area contributed by atoms with E-state index in [1.54, 1.807) is 0 Å². The summed E-state index contributed by atoms with van der Waals surface area (Å²) in [6, 6.07) is 0.247. The number of ether oxygens (including phenoxy) is 1. The fraction of sp³-hybridized carbons (Fsp3) is 0.474. The summed E-state index contributed by atoms with van der Waals surface area (Å²) in [6.07, 6.45) is -3.56. The molecule has 0 radical (unpaired) electrons. The van der Waals surface area contributed by atoms with Crippen molar-refractivity contribution in [3.63, 3.8) is 0 Å². The normalized spacial score (nSPS) is 25.2. The third kappa shape index (κ3) is 4.01. The van der Waals surface area contributed by atoms with Crippen molar-refractivity contribution in [2.24, 2.45) is 5.73 Å². The van der Waals surface area contributed by atoms with Crippen LogP contribution in [-0.4, -0.2) is 40.1 Å². The highest BCUT2D eigenvalue weighted by Crippen LogP contribution is 2.34. The molecule has 1 fully saturated rings. The van der Waals surface area contributed by atoms with Crippen LogP contribution in [0.5, 0.6) is 0 Å². The lowest BCUT2D eigenvalue weighted by molar-refractivity contribution is -0.145. The Balaban J connectivity index is 1.47. The van der Waals surface area contributed by atoms with E-state index in [1.807, 2.05) is 4.90 Å². The van der Waals surface area contributed by atoms with Crippen LogP contribution in [-0.2, 0) is 23.9 Å². The summed E-state index contributed by atoms with van der Waals surface area (Å²) in [6.45, 7) is 0.835. The maximum Gasteiger partial charge on any atom is 0.451 e. The van der Waals surface area contributed by atoms with Gasteiger partial charge in [0.2, 0.25) is 5.82 Å². The van der Waals surface area contributed by atoms with Crippen LogP contribution in [0.4, 0.5) is 26.3 Å². The van der Waals surface area contributed by atoms with Crippen LogP contribution in [0.25, 0.3) is 0 Å². The average molecular weight is 432 g/mol. The maximum atomic E-state index is 14.1. The fourth-order valence-corrected chi connectivity index (χ4v) is 3.95. The van der Waals surface area contributed by atoms with Crippen molar-refractivity contribution >= 4 is 0 Å². The van der Waals surface area contributed by atoms with Gasteiger partial charge >= 0.3 is 6.18 Å². The molecule has 0 aliphatic carbocycles. The number of hydrogen-bond donors (Lipinski definition) is 1. The Morgan fingerprint density at radius 1 is 1.10 bits per heavy atom. The summed E-state index contributed by atoms with van der Waals surface area (Å²) in [5, 5.41) is 0. The van der Waals surface area contributed by atoms with Crippen LogP contribution in [0, 0.1) is 17.5 Å². The zero-order chi connectivity index (χ0) is 21.6. The summed E-state index contributed by atoms with van der Waals surface area (Å²) in [7, 11) is 0. The minimum atomic E-state index is -4.63. The van der Waals surface area contributed by atoms with E-state index in [0.717, 1.165) is 6.07 Å². The Bertz CT molecular complexity index is 953. The number of nitrogens with two attached hydrogens (primary N) is 1. The quantitative estimate of drug-likeness (QED) is 0.584. The number of halogens is 6. The van der Waals surface area contributed by atoms with Crippen LogP contribution in [0.15, 0.2) is 18.3 Å². The number of rotatable bonds is 2. The lowest BCUT2D eigenvalue weighted by Gasteiger charge is -2.41. The van der Waals surface area contributed by atoms with Gasteiger partial charge in [-0.3, -0.25) is 4.90 Å². The number of nitrogens with zero attached hydrogens (tertiary/aromatic N) is 3. The average Bonchev–Trinajstić information content (AvgIpc) is 2.69. The second kappa shape index (κ2) is 7.78. The highest BCUT2D eigenvalue weighted by molar-refractivity contribution is 5.25. The van der Waals surface area contributed by atoms with Gasteiger partial charge in [0.25, 0.3) is 0 Å². The second-order valence-electron chi connectivity index (χ2n) is 7.48. The molecule has 2 aromatic rings. The van der Waals surface area contributed by atoms with Gasteiger partial charge in [-0.25, -0.2) is 23.1 Å². The van der Waals surface area contributed by atoms with E-state index in [-0.39, 0.29) is 24.8 Å². The molecule has 30 heavy (non-hydrogen) atoms. The smallest absolute Gasteiger partial charge is 0.370 e. The number of fused-ring (bicyclic) bond motifs is 1. The van der Waals surface area contributed by atoms with Crippen LogP contribution in [0.1, 0.15) is 35.2 Å². The van der Waals surface area contributed by atoms with Crippen molar-refractivity contribution in [2.45, 2.75) is 43.8 Å². The van der Waals surface area contributed by atoms with Gasteiger partial charge in [0.1, 0.15) is 11.9 Å². The van der Waals surface area contributed by atoms with Gasteiger partial charge in [-0.2, -0.15) is 13.2 Å². The maximum absolute atomic E-state index is 14.1. The highest BCUT2D eigenvalue weighted by atomic mass is 19.4. The van der Waals surface area contributed by atoms with Crippen LogP contribution >= 0.6 is 0 Å². The van der Waals surface area contributed by atoms with Gasteiger partial charge in [0, 0.05) is 43.0 Å². The largest absolute Gasteiger partial charge is 0.451 e. The standard InChI is InChI=1S/C19H18F6N4O/c20-12-5-14(22)13(21)4-11(12)17-15(26)3-10(8-30-17)29-2-1-9-6-27-18(19(23,24)25)28-16(9)7-29/h4-6,10,15,17H,1-3,7-8,26H2/t10-,15+,17?/m1/s1. The summed E-state index contributed by atoms with van der Waals surface area (Å²) >= 11 is 0. The molecule has 5 nitrogen and oxygen atoms in total. The monoisotopic (exact) mass is 432 g/mol. The van der Waals surface area contributed by atoms with E-state index >= 15 is 0 Å². The molecule has 0 bridgehead atoms. The molecule has 11 heteroatoms. The van der Waals surface area contributed by atoms with Crippen LogP contribution < -0.4 is 5.73 Å². The minimum absolute atomic E-state index is 0.114. The number of alkyl halides is 3. The minimum Gasteiger partial charge on any atom is -0.370 e. The Morgan fingerprint density at radius 3 is 2.53 bits per heavy atom. The molecule has 162 valence electrons. The molecule has 1 saturated heterocycles. The van der Waals surface area contributed by atoms with E-state index in [2.05, 4.69) is 9.97 Å². The van der Waals surface area contributed by atoms with E-state index in [9.17, 15) is 26.3 Å². The van der Waals surface area contributed by atoms with E-state index in [1.165, 1.54) is 6.20 Å². The van der Waals surface area contributed by atoms with Gasteiger partial charge in [-0.1, -0.05) is 0 Å². The predicted molar refractivity (Wildman–Crippen MR) is 92.5 cm³/mol. The summed E-state index contributed by atoms with van der Waals surface area (Å²) in [5.74, 6) is -4.63. The van der Waals surface area contributed by atoms with Gasteiger partial charge in [-0.15, -0.1) is 0 Å². The van der Waals surface area contributed by atoms with Gasteiger partial charge in [-0.05, 0) is 24.5 Å². The van der Waals surface area contributed by atoms with E-state index in [0.29, 0.717) is 36.7 Å². The Morgan fingerprint density at radius 2 is 1.83 bits per heavy atom. The molecule has 0 saturated carbocycles. The molecular formula is C19H18F6N4O. The zero-order valence-corrected chi connectivity index (χ0v) is 15.6. The molecule has 2 aliphatic heterocycles.